The molecule has 0 unspecified atom stereocenters. The SMILES string of the molecule is C=CC[C@H](CC(=O)NCCOCCO)C(=O)N[C@@H](COC(=O)[C@H](CC=C)Cc1ccccc1)c1ccccc1. The zero-order valence-corrected chi connectivity index (χ0v) is 22.4. The minimum atomic E-state index is -0.644. The predicted octanol–water partition coefficient (Wildman–Crippen LogP) is 3.53. The summed E-state index contributed by atoms with van der Waals surface area (Å²) >= 11 is 0. The number of aliphatic hydroxyl groups excluding tert-OH is 1. The Hall–Kier alpha value is -3.75. The number of allylic oxidation sites excluding steroid dienone is 2. The number of ether oxygens (including phenoxy) is 2. The summed E-state index contributed by atoms with van der Waals surface area (Å²) < 4.78 is 10.9. The van der Waals surface area contributed by atoms with Crippen LogP contribution in [0, 0.1) is 11.8 Å². The van der Waals surface area contributed by atoms with E-state index in [9.17, 15) is 14.4 Å². The van der Waals surface area contributed by atoms with Crippen LogP contribution < -0.4 is 10.6 Å². The van der Waals surface area contributed by atoms with E-state index >= 15 is 0 Å². The first-order chi connectivity index (χ1) is 19.0. The Morgan fingerprint density at radius 3 is 2.18 bits per heavy atom. The van der Waals surface area contributed by atoms with Crippen LogP contribution in [0.25, 0.3) is 0 Å². The van der Waals surface area contributed by atoms with E-state index in [1.54, 1.807) is 12.2 Å². The number of nitrogens with one attached hydrogen (secondary N) is 2. The molecule has 8 nitrogen and oxygen atoms in total. The van der Waals surface area contributed by atoms with Gasteiger partial charge in [0.2, 0.25) is 11.8 Å². The largest absolute Gasteiger partial charge is 0.463 e. The number of benzene rings is 2. The monoisotopic (exact) mass is 536 g/mol. The van der Waals surface area contributed by atoms with Crippen molar-refractivity contribution < 1.29 is 29.0 Å². The summed E-state index contributed by atoms with van der Waals surface area (Å²) in [6.45, 7) is 8.10. The van der Waals surface area contributed by atoms with Gasteiger partial charge in [0, 0.05) is 13.0 Å². The molecule has 210 valence electrons. The summed E-state index contributed by atoms with van der Waals surface area (Å²) in [5, 5.41) is 14.4. The van der Waals surface area contributed by atoms with Crippen LogP contribution in [0.1, 0.15) is 36.4 Å². The Balaban J connectivity index is 2.04. The third-order valence-corrected chi connectivity index (χ3v) is 6.08. The number of hydrogen-bond donors (Lipinski definition) is 3. The molecule has 8 heteroatoms. The minimum Gasteiger partial charge on any atom is -0.463 e. The second kappa shape index (κ2) is 18.5. The second-order valence-corrected chi connectivity index (χ2v) is 9.12. The van der Waals surface area contributed by atoms with E-state index < -0.39 is 17.9 Å². The first-order valence-corrected chi connectivity index (χ1v) is 13.2. The van der Waals surface area contributed by atoms with Crippen molar-refractivity contribution in [3.8, 4) is 0 Å². The quantitative estimate of drug-likeness (QED) is 0.144. The van der Waals surface area contributed by atoms with Crippen molar-refractivity contribution in [1.29, 1.82) is 0 Å². The molecule has 3 atom stereocenters. The van der Waals surface area contributed by atoms with Crippen LogP contribution in [-0.2, 0) is 30.3 Å². The van der Waals surface area contributed by atoms with E-state index in [1.165, 1.54) is 0 Å². The number of carbonyl (C=O) groups excluding carboxylic acids is 3. The van der Waals surface area contributed by atoms with E-state index in [0.717, 1.165) is 11.1 Å². The fourth-order valence-corrected chi connectivity index (χ4v) is 4.05. The highest BCUT2D eigenvalue weighted by molar-refractivity contribution is 5.86. The number of hydrogen-bond acceptors (Lipinski definition) is 6. The van der Waals surface area contributed by atoms with Gasteiger partial charge in [0.15, 0.2) is 0 Å². The number of amides is 2. The lowest BCUT2D eigenvalue weighted by Crippen LogP contribution is -2.39. The molecule has 2 aromatic rings. The molecule has 2 rings (SSSR count). The fourth-order valence-electron chi connectivity index (χ4n) is 4.05. The van der Waals surface area contributed by atoms with Crippen molar-refractivity contribution in [2.45, 2.75) is 31.7 Å². The van der Waals surface area contributed by atoms with Crippen LogP contribution in [0.3, 0.4) is 0 Å². The lowest BCUT2D eigenvalue weighted by molar-refractivity contribution is -0.150. The average Bonchev–Trinajstić information content (AvgIpc) is 2.95. The van der Waals surface area contributed by atoms with E-state index in [1.807, 2.05) is 60.7 Å². The van der Waals surface area contributed by atoms with Gasteiger partial charge in [-0.15, -0.1) is 13.2 Å². The highest BCUT2D eigenvalue weighted by atomic mass is 16.5. The number of esters is 1. The highest BCUT2D eigenvalue weighted by Gasteiger charge is 2.26. The molecule has 0 radical (unpaired) electrons. The van der Waals surface area contributed by atoms with Crippen LogP contribution in [0.5, 0.6) is 0 Å². The van der Waals surface area contributed by atoms with Crippen molar-refractivity contribution in [2.24, 2.45) is 11.8 Å². The van der Waals surface area contributed by atoms with Crippen molar-refractivity contribution in [2.75, 3.05) is 33.0 Å². The van der Waals surface area contributed by atoms with Crippen LogP contribution >= 0.6 is 0 Å². The first-order valence-electron chi connectivity index (χ1n) is 13.2. The molecule has 0 aromatic heterocycles. The van der Waals surface area contributed by atoms with Crippen LogP contribution in [0.2, 0.25) is 0 Å². The highest BCUT2D eigenvalue weighted by Crippen LogP contribution is 2.20. The molecule has 2 amide bonds. The summed E-state index contributed by atoms with van der Waals surface area (Å²) in [6, 6.07) is 18.4. The Kier molecular flexibility index (Phi) is 14.9. The number of rotatable bonds is 19. The Labute approximate surface area is 231 Å². The molecular weight excluding hydrogens is 496 g/mol. The van der Waals surface area contributed by atoms with Crippen molar-refractivity contribution in [3.63, 3.8) is 0 Å². The zero-order valence-electron chi connectivity index (χ0n) is 22.4. The molecule has 0 aliphatic heterocycles. The Bertz CT molecular complexity index is 1030. The van der Waals surface area contributed by atoms with Gasteiger partial charge in [-0.25, -0.2) is 0 Å². The first kappa shape index (κ1) is 31.5. The summed E-state index contributed by atoms with van der Waals surface area (Å²) in [6.07, 6.45) is 4.57. The van der Waals surface area contributed by atoms with Gasteiger partial charge in [-0.05, 0) is 30.4 Å². The molecule has 39 heavy (non-hydrogen) atoms. The van der Waals surface area contributed by atoms with Gasteiger partial charge in [-0.1, -0.05) is 72.8 Å². The molecule has 2 aromatic carbocycles. The molecule has 0 spiro atoms. The maximum Gasteiger partial charge on any atom is 0.309 e. The average molecular weight is 537 g/mol. The minimum absolute atomic E-state index is 0.0301. The lowest BCUT2D eigenvalue weighted by Gasteiger charge is -2.24. The fraction of sp³-hybridized carbons (Fsp3) is 0.387. The van der Waals surface area contributed by atoms with Gasteiger partial charge in [0.05, 0.1) is 37.7 Å². The van der Waals surface area contributed by atoms with Crippen molar-refractivity contribution >= 4 is 17.8 Å². The van der Waals surface area contributed by atoms with E-state index in [0.29, 0.717) is 19.3 Å². The van der Waals surface area contributed by atoms with Gasteiger partial charge in [-0.2, -0.15) is 0 Å². The molecule has 0 saturated heterocycles. The van der Waals surface area contributed by atoms with Crippen molar-refractivity contribution in [1.82, 2.24) is 10.6 Å². The van der Waals surface area contributed by atoms with Gasteiger partial charge in [0.1, 0.15) is 6.61 Å². The van der Waals surface area contributed by atoms with Gasteiger partial charge < -0.3 is 25.2 Å². The van der Waals surface area contributed by atoms with Gasteiger partial charge >= 0.3 is 5.97 Å². The Morgan fingerprint density at radius 1 is 0.897 bits per heavy atom. The predicted molar refractivity (Wildman–Crippen MR) is 151 cm³/mol. The maximum atomic E-state index is 13.2. The van der Waals surface area contributed by atoms with E-state index in [4.69, 9.17) is 14.6 Å². The summed E-state index contributed by atoms with van der Waals surface area (Å²) in [5.41, 5.74) is 1.81. The number of aliphatic hydroxyl groups is 1. The summed E-state index contributed by atoms with van der Waals surface area (Å²) in [7, 11) is 0. The zero-order chi connectivity index (χ0) is 28.3. The van der Waals surface area contributed by atoms with E-state index in [2.05, 4.69) is 23.8 Å². The molecule has 0 heterocycles. The molecule has 0 saturated carbocycles. The van der Waals surface area contributed by atoms with E-state index in [-0.39, 0.29) is 57.2 Å². The lowest BCUT2D eigenvalue weighted by atomic mass is 9.96. The Morgan fingerprint density at radius 2 is 1.54 bits per heavy atom. The normalized spacial score (nSPS) is 12.9. The topological polar surface area (TPSA) is 114 Å². The molecule has 3 N–H and O–H groups in total. The third-order valence-electron chi connectivity index (χ3n) is 6.08. The molecule has 0 bridgehead atoms. The third kappa shape index (κ3) is 12.1. The molecular formula is C31H40N2O6. The summed E-state index contributed by atoms with van der Waals surface area (Å²) in [4.78, 5) is 38.7. The maximum absolute atomic E-state index is 13.2. The van der Waals surface area contributed by atoms with Crippen molar-refractivity contribution in [3.05, 3.63) is 97.1 Å². The smallest absolute Gasteiger partial charge is 0.309 e. The number of carbonyl (C=O) groups is 3. The second-order valence-electron chi connectivity index (χ2n) is 9.12. The van der Waals surface area contributed by atoms with Crippen LogP contribution in [0.15, 0.2) is 86.0 Å². The van der Waals surface area contributed by atoms with Crippen LogP contribution in [-0.4, -0.2) is 55.9 Å². The van der Waals surface area contributed by atoms with Gasteiger partial charge in [0.25, 0.3) is 0 Å². The van der Waals surface area contributed by atoms with Crippen LogP contribution in [0.4, 0.5) is 0 Å². The molecule has 0 fully saturated rings. The summed E-state index contributed by atoms with van der Waals surface area (Å²) in [5.74, 6) is -2.02. The van der Waals surface area contributed by atoms with Gasteiger partial charge in [-0.3, -0.25) is 14.4 Å². The standard InChI is InChI=1S/C31H40N2O6/c1-3-11-26(22-29(35)32-17-19-38-20-18-34)30(36)33-28(25-15-9-6-10-16-25)23-39-31(37)27(12-4-2)21-24-13-7-5-8-14-24/h3-10,13-16,26-28,34H,1-2,11-12,17-23H2,(H,32,35)(H,33,36)/t26-,27-,28+/m1/s1. The molecule has 0 aliphatic rings. The molecule has 0 aliphatic carbocycles.